The first kappa shape index (κ1) is 14.3. The molecule has 0 heterocycles. The maximum Gasteiger partial charge on any atom is 0.460 e. The monoisotopic (exact) mass is 253 g/mol. The van der Waals surface area contributed by atoms with Gasteiger partial charge in [0.05, 0.1) is 0 Å². The average Bonchev–Trinajstić information content (AvgIpc) is 2.01. The first-order chi connectivity index (χ1) is 6.31. The zero-order valence-electron chi connectivity index (χ0n) is 6.28. The van der Waals surface area contributed by atoms with Crippen molar-refractivity contribution in [1.29, 1.82) is 0 Å². The number of alkyl halides is 9. The van der Waals surface area contributed by atoms with Gasteiger partial charge >= 0.3 is 24.1 Å². The summed E-state index contributed by atoms with van der Waals surface area (Å²) in [5.41, 5.74) is -1.10. The largest absolute Gasteiger partial charge is 0.460 e. The summed E-state index contributed by atoms with van der Waals surface area (Å²) >= 11 is 0. The minimum atomic E-state index is -7.07. The quantitative estimate of drug-likeness (QED) is 0.463. The molecule has 0 aliphatic carbocycles. The molecule has 0 amide bonds. The van der Waals surface area contributed by atoms with Crippen LogP contribution in [0.5, 0.6) is 0 Å². The molecule has 0 aromatic rings. The fraction of sp³-hybridized carbons (Fsp3) is 1.00. The van der Waals surface area contributed by atoms with E-state index in [4.69, 9.17) is 0 Å². The van der Waals surface area contributed by atoms with Gasteiger partial charge in [0.1, 0.15) is 0 Å². The second kappa shape index (κ2) is 3.39. The van der Waals surface area contributed by atoms with E-state index in [0.29, 0.717) is 0 Å². The van der Waals surface area contributed by atoms with Crippen LogP contribution in [0.1, 0.15) is 0 Å². The molecular formula is C4HF10N. The Kier molecular flexibility index (Phi) is 3.22. The van der Waals surface area contributed by atoms with Crippen LogP contribution < -0.4 is 5.54 Å². The summed E-state index contributed by atoms with van der Waals surface area (Å²) in [7, 11) is 0. The van der Waals surface area contributed by atoms with Crippen molar-refractivity contribution in [2.45, 2.75) is 24.1 Å². The van der Waals surface area contributed by atoms with Crippen LogP contribution in [0.2, 0.25) is 0 Å². The summed E-state index contributed by atoms with van der Waals surface area (Å²) < 4.78 is 116. The predicted octanol–water partition coefficient (Wildman–Crippen LogP) is 2.89. The molecule has 0 aromatic heterocycles. The standard InChI is InChI=1S/C4HF10N/c5-1(6,3(9,10)11)2(7,8)4(12,13)15-14/h15H. The van der Waals surface area contributed by atoms with Crippen LogP contribution in [-0.2, 0) is 0 Å². The normalized spacial score (nSPS) is 15.6. The van der Waals surface area contributed by atoms with Crippen LogP contribution in [0, 0.1) is 0 Å². The molecule has 0 saturated heterocycles. The lowest BCUT2D eigenvalue weighted by Gasteiger charge is -2.31. The summed E-state index contributed by atoms with van der Waals surface area (Å²) in [5, 5.41) is 0. The molecule has 92 valence electrons. The van der Waals surface area contributed by atoms with Crippen LogP contribution in [0.3, 0.4) is 0 Å². The van der Waals surface area contributed by atoms with E-state index in [9.17, 15) is 44.0 Å². The van der Waals surface area contributed by atoms with E-state index in [1.54, 1.807) is 0 Å². The highest BCUT2D eigenvalue weighted by Crippen LogP contribution is 2.52. The van der Waals surface area contributed by atoms with Gasteiger partial charge in [0.2, 0.25) is 0 Å². The van der Waals surface area contributed by atoms with Crippen LogP contribution in [0.25, 0.3) is 0 Å². The maximum atomic E-state index is 12.0. The van der Waals surface area contributed by atoms with Crippen molar-refractivity contribution in [2.75, 3.05) is 0 Å². The summed E-state index contributed by atoms with van der Waals surface area (Å²) in [6, 6.07) is -6.34. The van der Waals surface area contributed by atoms with Crippen LogP contribution in [0.4, 0.5) is 44.0 Å². The Balaban J connectivity index is 5.38. The third kappa shape index (κ3) is 1.96. The van der Waals surface area contributed by atoms with Crippen LogP contribution in [0.15, 0.2) is 0 Å². The SMILES string of the molecule is FNC(F)(F)C(F)(F)C(F)(F)C(F)(F)F. The van der Waals surface area contributed by atoms with Crippen molar-refractivity contribution in [1.82, 2.24) is 5.54 Å². The third-order valence-corrected chi connectivity index (χ3v) is 1.26. The molecule has 0 saturated carbocycles. The third-order valence-electron chi connectivity index (χ3n) is 1.26. The molecular weight excluding hydrogens is 252 g/mol. The molecule has 1 N–H and O–H groups in total. The topological polar surface area (TPSA) is 12.0 Å². The van der Waals surface area contributed by atoms with E-state index in [1.807, 2.05) is 0 Å². The highest BCUT2D eigenvalue weighted by molar-refractivity contribution is 4.97. The zero-order valence-corrected chi connectivity index (χ0v) is 6.28. The van der Waals surface area contributed by atoms with E-state index in [0.717, 1.165) is 0 Å². The van der Waals surface area contributed by atoms with Crippen molar-refractivity contribution in [3.05, 3.63) is 0 Å². The fourth-order valence-electron chi connectivity index (χ4n) is 0.435. The van der Waals surface area contributed by atoms with Gasteiger partial charge in [-0.2, -0.15) is 39.5 Å². The second-order valence-electron chi connectivity index (χ2n) is 2.32. The van der Waals surface area contributed by atoms with Gasteiger partial charge in [-0.3, -0.25) is 0 Å². The Morgan fingerprint density at radius 3 is 1.13 bits per heavy atom. The molecule has 0 aliphatic rings. The van der Waals surface area contributed by atoms with Crippen molar-refractivity contribution in [3.63, 3.8) is 0 Å². The Bertz CT molecular complexity index is 228. The van der Waals surface area contributed by atoms with Gasteiger partial charge in [-0.25, -0.2) is 0 Å². The Morgan fingerprint density at radius 2 is 0.933 bits per heavy atom. The Hall–Kier alpha value is -0.740. The lowest BCUT2D eigenvalue weighted by atomic mass is 10.1. The van der Waals surface area contributed by atoms with E-state index < -0.39 is 29.6 Å². The minimum Gasteiger partial charge on any atom is -0.191 e. The van der Waals surface area contributed by atoms with Crippen molar-refractivity contribution >= 4 is 0 Å². The first-order valence-corrected chi connectivity index (χ1v) is 2.89. The summed E-state index contributed by atoms with van der Waals surface area (Å²) in [5.74, 6) is -14.0. The van der Waals surface area contributed by atoms with Crippen LogP contribution >= 0.6 is 0 Å². The molecule has 0 fully saturated rings. The molecule has 0 spiro atoms. The highest BCUT2D eigenvalue weighted by Gasteiger charge is 2.82. The van der Waals surface area contributed by atoms with E-state index >= 15 is 0 Å². The van der Waals surface area contributed by atoms with Crippen LogP contribution in [-0.4, -0.2) is 24.1 Å². The number of halogens is 10. The zero-order chi connectivity index (χ0) is 12.7. The molecule has 0 unspecified atom stereocenters. The number of rotatable bonds is 3. The summed E-state index contributed by atoms with van der Waals surface area (Å²) in [4.78, 5) is 0. The lowest BCUT2D eigenvalue weighted by molar-refractivity contribution is -0.406. The number of nitrogens with one attached hydrogen (secondary N) is 1. The van der Waals surface area contributed by atoms with E-state index in [1.165, 1.54) is 0 Å². The van der Waals surface area contributed by atoms with Crippen molar-refractivity contribution in [3.8, 4) is 0 Å². The number of hydrogen-bond acceptors (Lipinski definition) is 1. The van der Waals surface area contributed by atoms with Gasteiger partial charge in [0.15, 0.2) is 0 Å². The maximum absolute atomic E-state index is 12.0. The van der Waals surface area contributed by atoms with E-state index in [2.05, 4.69) is 0 Å². The molecule has 0 atom stereocenters. The highest BCUT2D eigenvalue weighted by atomic mass is 19.4. The summed E-state index contributed by atoms with van der Waals surface area (Å²) in [6.07, 6.45) is -6.93. The number of hydrogen-bond donors (Lipinski definition) is 1. The van der Waals surface area contributed by atoms with Gasteiger partial charge in [-0.1, -0.05) is 5.54 Å². The molecule has 15 heavy (non-hydrogen) atoms. The molecule has 0 rings (SSSR count). The average molecular weight is 253 g/mol. The Labute approximate surface area is 75.0 Å². The Morgan fingerprint density at radius 1 is 0.600 bits per heavy atom. The van der Waals surface area contributed by atoms with Gasteiger partial charge < -0.3 is 0 Å². The van der Waals surface area contributed by atoms with Gasteiger partial charge in [0.25, 0.3) is 0 Å². The smallest absolute Gasteiger partial charge is 0.191 e. The van der Waals surface area contributed by atoms with Crippen molar-refractivity contribution < 1.29 is 44.0 Å². The minimum absolute atomic E-state index is 1.10. The lowest BCUT2D eigenvalue weighted by Crippen LogP contribution is -2.64. The molecule has 11 heteroatoms. The van der Waals surface area contributed by atoms with Gasteiger partial charge in [-0.15, -0.1) is 4.48 Å². The predicted molar refractivity (Wildman–Crippen MR) is 25.1 cm³/mol. The van der Waals surface area contributed by atoms with Gasteiger partial charge in [0, 0.05) is 0 Å². The van der Waals surface area contributed by atoms with Crippen molar-refractivity contribution in [2.24, 2.45) is 0 Å². The molecule has 0 radical (unpaired) electrons. The molecule has 1 nitrogen and oxygen atoms in total. The molecule has 0 aromatic carbocycles. The second-order valence-corrected chi connectivity index (χ2v) is 2.32. The molecule has 0 aliphatic heterocycles. The summed E-state index contributed by atoms with van der Waals surface area (Å²) in [6.45, 7) is 0. The fourth-order valence-corrected chi connectivity index (χ4v) is 0.435. The van der Waals surface area contributed by atoms with E-state index in [-0.39, 0.29) is 0 Å². The molecule has 0 bridgehead atoms. The van der Waals surface area contributed by atoms with Gasteiger partial charge in [-0.05, 0) is 0 Å². The first-order valence-electron chi connectivity index (χ1n) is 2.89.